The standard InChI is InChI=1S/C30H30N2O6/c1-16(33)38-30-11-10-21(32-27(35)19-4-2-3-5-20(19)28(32)36)26-29(30)12-13-31(15-17-6-7-17)23(30)14-18-8-9-22(34)25(37-26)24(18)29/h2-5,8-9,17,21,23,26,34H,6-7,10-15H2,1H3/t21-,23-,26+,29+,30?/m1/s1. The highest BCUT2D eigenvalue weighted by atomic mass is 16.6. The molecule has 1 spiro atoms. The lowest BCUT2D eigenvalue weighted by Crippen LogP contribution is -2.79. The fraction of sp³-hybridized carbons (Fsp3) is 0.500. The predicted molar refractivity (Wildman–Crippen MR) is 135 cm³/mol. The van der Waals surface area contributed by atoms with Crippen molar-refractivity contribution in [3.05, 3.63) is 58.7 Å². The van der Waals surface area contributed by atoms with Crippen molar-refractivity contribution in [3.63, 3.8) is 0 Å². The van der Waals surface area contributed by atoms with Crippen LogP contribution in [0.4, 0.5) is 0 Å². The summed E-state index contributed by atoms with van der Waals surface area (Å²) < 4.78 is 13.1. The molecule has 2 aromatic rings. The monoisotopic (exact) mass is 514 g/mol. The van der Waals surface area contributed by atoms with Gasteiger partial charge in [-0.2, -0.15) is 0 Å². The fourth-order valence-electron chi connectivity index (χ4n) is 8.66. The van der Waals surface area contributed by atoms with E-state index >= 15 is 0 Å². The molecule has 38 heavy (non-hydrogen) atoms. The van der Waals surface area contributed by atoms with Crippen LogP contribution in [0.1, 0.15) is 70.9 Å². The number of aromatic hydroxyl groups is 1. The van der Waals surface area contributed by atoms with Crippen molar-refractivity contribution in [2.75, 3.05) is 13.1 Å². The average Bonchev–Trinajstić information content (AvgIpc) is 3.59. The lowest BCUT2D eigenvalue weighted by Gasteiger charge is -2.65. The third-order valence-electron chi connectivity index (χ3n) is 10.2. The molecule has 1 unspecified atom stereocenters. The summed E-state index contributed by atoms with van der Waals surface area (Å²) in [6.45, 7) is 3.26. The summed E-state index contributed by atoms with van der Waals surface area (Å²) in [7, 11) is 0. The Balaban J connectivity index is 1.31. The molecule has 196 valence electrons. The van der Waals surface area contributed by atoms with Gasteiger partial charge in [0.25, 0.3) is 11.8 Å². The Kier molecular flexibility index (Phi) is 4.38. The first-order valence-corrected chi connectivity index (χ1v) is 13.8. The number of carbonyl (C=O) groups excluding carboxylic acids is 3. The van der Waals surface area contributed by atoms with Gasteiger partial charge < -0.3 is 14.6 Å². The van der Waals surface area contributed by atoms with Crippen LogP contribution in [0.5, 0.6) is 11.5 Å². The molecule has 0 aromatic heterocycles. The molecular weight excluding hydrogens is 484 g/mol. The molecule has 2 amide bonds. The van der Waals surface area contributed by atoms with Crippen LogP contribution in [-0.2, 0) is 21.4 Å². The van der Waals surface area contributed by atoms with E-state index in [1.165, 1.54) is 24.7 Å². The highest BCUT2D eigenvalue weighted by Gasteiger charge is 2.76. The number of hydrogen-bond donors (Lipinski definition) is 1. The van der Waals surface area contributed by atoms with E-state index in [-0.39, 0.29) is 29.6 Å². The van der Waals surface area contributed by atoms with E-state index in [1.807, 2.05) is 6.07 Å². The second-order valence-electron chi connectivity index (χ2n) is 12.0. The molecule has 0 radical (unpaired) electrons. The third-order valence-corrected chi connectivity index (χ3v) is 10.2. The Bertz CT molecular complexity index is 1400. The zero-order chi connectivity index (χ0) is 26.0. The van der Waals surface area contributed by atoms with Crippen LogP contribution >= 0.6 is 0 Å². The molecular formula is C30H30N2O6. The summed E-state index contributed by atoms with van der Waals surface area (Å²) >= 11 is 0. The van der Waals surface area contributed by atoms with Crippen LogP contribution in [0.2, 0.25) is 0 Å². The van der Waals surface area contributed by atoms with Gasteiger partial charge in [0, 0.05) is 19.0 Å². The molecule has 2 aromatic carbocycles. The molecule has 8 heteroatoms. The van der Waals surface area contributed by atoms with Crippen molar-refractivity contribution in [1.82, 2.24) is 9.80 Å². The van der Waals surface area contributed by atoms with E-state index in [9.17, 15) is 19.5 Å². The summed E-state index contributed by atoms with van der Waals surface area (Å²) in [6, 6.07) is 10.0. The number of piperidine rings is 1. The Hall–Kier alpha value is -3.39. The molecule has 8 rings (SSSR count). The lowest BCUT2D eigenvalue weighted by molar-refractivity contribution is -0.221. The van der Waals surface area contributed by atoms with Crippen LogP contribution in [0.15, 0.2) is 36.4 Å². The highest BCUT2D eigenvalue weighted by Crippen LogP contribution is 2.67. The fourth-order valence-corrected chi connectivity index (χ4v) is 8.66. The number of nitrogens with zero attached hydrogens (tertiary/aromatic N) is 2. The molecule has 2 bridgehead atoms. The van der Waals surface area contributed by atoms with Gasteiger partial charge in [0.05, 0.1) is 28.6 Å². The van der Waals surface area contributed by atoms with Gasteiger partial charge >= 0.3 is 5.97 Å². The van der Waals surface area contributed by atoms with Crippen molar-refractivity contribution in [2.45, 2.75) is 74.7 Å². The predicted octanol–water partition coefficient (Wildman–Crippen LogP) is 3.19. The normalized spacial score (nSPS) is 34.6. The van der Waals surface area contributed by atoms with E-state index < -0.39 is 23.2 Å². The molecule has 3 aliphatic carbocycles. The summed E-state index contributed by atoms with van der Waals surface area (Å²) in [5.41, 5.74) is 1.20. The number of phenolic OH excluding ortho intramolecular Hbond substituents is 1. The highest BCUT2D eigenvalue weighted by molar-refractivity contribution is 6.21. The van der Waals surface area contributed by atoms with E-state index in [4.69, 9.17) is 9.47 Å². The minimum atomic E-state index is -0.863. The number of rotatable bonds is 4. The summed E-state index contributed by atoms with van der Waals surface area (Å²) in [4.78, 5) is 43.9. The van der Waals surface area contributed by atoms with Crippen LogP contribution in [0.3, 0.4) is 0 Å². The second-order valence-corrected chi connectivity index (χ2v) is 12.0. The van der Waals surface area contributed by atoms with Crippen molar-refractivity contribution in [2.24, 2.45) is 5.92 Å². The zero-order valence-corrected chi connectivity index (χ0v) is 21.3. The molecule has 3 fully saturated rings. The van der Waals surface area contributed by atoms with Gasteiger partial charge in [-0.1, -0.05) is 18.2 Å². The lowest BCUT2D eigenvalue weighted by atomic mass is 9.48. The average molecular weight is 515 g/mol. The van der Waals surface area contributed by atoms with Crippen molar-refractivity contribution < 1.29 is 29.0 Å². The van der Waals surface area contributed by atoms with Crippen molar-refractivity contribution in [1.29, 1.82) is 0 Å². The second kappa shape index (κ2) is 7.38. The maximum Gasteiger partial charge on any atom is 0.303 e. The molecule has 1 N–H and O–H groups in total. The first-order valence-electron chi connectivity index (χ1n) is 13.8. The quantitative estimate of drug-likeness (QED) is 0.495. The smallest absolute Gasteiger partial charge is 0.303 e. The summed E-state index contributed by atoms with van der Waals surface area (Å²) in [5.74, 6) is 0.188. The van der Waals surface area contributed by atoms with Gasteiger partial charge in [-0.25, -0.2) is 0 Å². The number of ether oxygens (including phenoxy) is 2. The van der Waals surface area contributed by atoms with Crippen LogP contribution in [-0.4, -0.2) is 69.6 Å². The Morgan fingerprint density at radius 2 is 1.82 bits per heavy atom. The number of fused-ring (bicyclic) bond motifs is 1. The minimum Gasteiger partial charge on any atom is -0.504 e. The van der Waals surface area contributed by atoms with Gasteiger partial charge in [-0.05, 0) is 74.8 Å². The molecule has 5 atom stereocenters. The van der Waals surface area contributed by atoms with Crippen LogP contribution < -0.4 is 4.74 Å². The molecule has 3 aliphatic heterocycles. The number of esters is 1. The maximum absolute atomic E-state index is 13.6. The van der Waals surface area contributed by atoms with Crippen molar-refractivity contribution in [3.8, 4) is 11.5 Å². The van der Waals surface area contributed by atoms with Gasteiger partial charge in [-0.3, -0.25) is 24.2 Å². The van der Waals surface area contributed by atoms with E-state index in [0.29, 0.717) is 48.5 Å². The van der Waals surface area contributed by atoms with Crippen LogP contribution in [0.25, 0.3) is 0 Å². The maximum atomic E-state index is 13.6. The van der Waals surface area contributed by atoms with Gasteiger partial charge in [-0.15, -0.1) is 0 Å². The SMILES string of the molecule is CC(=O)OC12CC[C@@H](N3C(=O)c4ccccc4C3=O)[C@@H]3Oc4c(O)ccc5c4[C@@]31CCN(CC1CC1)[C@@H]2C5. The van der Waals surface area contributed by atoms with Gasteiger partial charge in [0.2, 0.25) is 0 Å². The number of amides is 2. The van der Waals surface area contributed by atoms with Gasteiger partial charge in [0.1, 0.15) is 11.7 Å². The molecule has 6 aliphatic rings. The Morgan fingerprint density at radius 1 is 1.08 bits per heavy atom. The first-order chi connectivity index (χ1) is 18.4. The third kappa shape index (κ3) is 2.62. The first kappa shape index (κ1) is 22.6. The Morgan fingerprint density at radius 3 is 2.50 bits per heavy atom. The topological polar surface area (TPSA) is 96.4 Å². The number of benzene rings is 2. The molecule has 2 saturated carbocycles. The van der Waals surface area contributed by atoms with E-state index in [1.54, 1.807) is 30.3 Å². The minimum absolute atomic E-state index is 0.0297. The number of likely N-dealkylation sites (tertiary alicyclic amines) is 1. The Labute approximate surface area is 220 Å². The summed E-state index contributed by atoms with van der Waals surface area (Å²) in [6.07, 6.45) is 4.20. The molecule has 8 nitrogen and oxygen atoms in total. The number of imide groups is 1. The molecule has 1 saturated heterocycles. The largest absolute Gasteiger partial charge is 0.504 e. The van der Waals surface area contributed by atoms with E-state index in [2.05, 4.69) is 4.90 Å². The number of carbonyl (C=O) groups is 3. The van der Waals surface area contributed by atoms with Crippen LogP contribution in [0, 0.1) is 5.92 Å². The zero-order valence-electron chi connectivity index (χ0n) is 21.3. The number of phenols is 1. The molecule has 3 heterocycles. The summed E-state index contributed by atoms with van der Waals surface area (Å²) in [5, 5.41) is 11.0. The van der Waals surface area contributed by atoms with Crippen molar-refractivity contribution >= 4 is 17.8 Å². The van der Waals surface area contributed by atoms with E-state index in [0.717, 1.165) is 24.2 Å². The number of hydrogen-bond acceptors (Lipinski definition) is 7. The van der Waals surface area contributed by atoms with Gasteiger partial charge in [0.15, 0.2) is 11.5 Å².